The van der Waals surface area contributed by atoms with E-state index in [-0.39, 0.29) is 48.1 Å². The van der Waals surface area contributed by atoms with Crippen LogP contribution in [0, 0.1) is 0 Å². The average Bonchev–Trinajstić information content (AvgIpc) is 2.40. The molecule has 0 aromatic heterocycles. The Morgan fingerprint density at radius 1 is 0.652 bits per heavy atom. The van der Waals surface area contributed by atoms with Gasteiger partial charge in [-0.25, -0.2) is 0 Å². The van der Waals surface area contributed by atoms with Crippen molar-refractivity contribution in [3.63, 3.8) is 0 Å². The molecule has 7 heteroatoms. The molecule has 0 unspecified atom stereocenters. The Morgan fingerprint density at radius 3 is 1.04 bits per heavy atom. The van der Waals surface area contributed by atoms with E-state index in [0.717, 1.165) is 0 Å². The molecular formula is C16H16Cl2O2Se2Sn. The van der Waals surface area contributed by atoms with Crippen molar-refractivity contribution in [3.8, 4) is 0 Å². The van der Waals surface area contributed by atoms with E-state index in [9.17, 15) is 9.59 Å². The fourth-order valence-corrected chi connectivity index (χ4v) is 1.99. The van der Waals surface area contributed by atoms with Gasteiger partial charge in [0.2, 0.25) is 0 Å². The van der Waals surface area contributed by atoms with Crippen LogP contribution in [0.25, 0.3) is 0 Å². The first-order valence-electron chi connectivity index (χ1n) is 5.34. The van der Waals surface area contributed by atoms with Gasteiger partial charge in [-0.1, -0.05) is 14.9 Å². The quantitative estimate of drug-likeness (QED) is 0.494. The van der Waals surface area contributed by atoms with Gasteiger partial charge in [0.25, 0.3) is 0 Å². The third-order valence-corrected chi connectivity index (χ3v) is 3.65. The van der Waals surface area contributed by atoms with Gasteiger partial charge in [0.05, 0.1) is 0 Å². The summed E-state index contributed by atoms with van der Waals surface area (Å²) in [5.41, 5.74) is 1.29. The van der Waals surface area contributed by atoms with E-state index in [2.05, 4.69) is 32.0 Å². The minimum absolute atomic E-state index is 0. The fraction of sp³-hybridized carbons (Fsp3) is 0.125. The van der Waals surface area contributed by atoms with E-state index in [1.54, 1.807) is 48.5 Å². The minimum Gasteiger partial charge on any atom is 2.00 e. The Hall–Kier alpha value is 0.198. The predicted octanol–water partition coefficient (Wildman–Crippen LogP) is 4.19. The molecule has 0 N–H and O–H groups in total. The van der Waals surface area contributed by atoms with Crippen LogP contribution in [0.2, 0.25) is 10.0 Å². The number of hydrogen-bond acceptors (Lipinski definition) is 2. The summed E-state index contributed by atoms with van der Waals surface area (Å²) in [5.74, 6) is 0. The molecular weight excluding hydrogens is 572 g/mol. The summed E-state index contributed by atoms with van der Waals surface area (Å²) in [6.45, 7) is 0. The molecule has 0 aliphatic carbocycles. The van der Waals surface area contributed by atoms with Gasteiger partial charge in [-0.05, 0) is 0 Å². The molecule has 0 amide bonds. The van der Waals surface area contributed by atoms with Gasteiger partial charge >= 0.3 is 168 Å². The molecule has 0 atom stereocenters. The van der Waals surface area contributed by atoms with E-state index in [1.807, 2.05) is 0 Å². The van der Waals surface area contributed by atoms with Gasteiger partial charge < -0.3 is 0 Å². The van der Waals surface area contributed by atoms with Gasteiger partial charge in [0.15, 0.2) is 0 Å². The Morgan fingerprint density at radius 2 is 0.870 bits per heavy atom. The zero-order chi connectivity index (χ0) is 15.1. The molecule has 0 spiro atoms. The van der Waals surface area contributed by atoms with Crippen molar-refractivity contribution in [1.29, 1.82) is 0 Å². The fourth-order valence-electron chi connectivity index (χ4n) is 1.17. The summed E-state index contributed by atoms with van der Waals surface area (Å²) < 4.78 is -0.117. The SMILES string of the molecule is C.C.O=C([Se-])c1ccc(Cl)cc1.O=C([Se-])c1ccc(Cl)cc1.[Sn+2]. The second kappa shape index (κ2) is 14.5. The zero-order valence-corrected chi connectivity index (χ0v) is 18.3. The second-order valence-electron chi connectivity index (χ2n) is 3.59. The van der Waals surface area contributed by atoms with Crippen LogP contribution in [0.3, 0.4) is 0 Å². The molecule has 2 aromatic rings. The number of benzene rings is 2. The third-order valence-electron chi connectivity index (χ3n) is 2.16. The van der Waals surface area contributed by atoms with Crippen molar-refractivity contribution in [3.05, 3.63) is 69.7 Å². The van der Waals surface area contributed by atoms with Crippen molar-refractivity contribution in [1.82, 2.24) is 0 Å². The number of carbonyl (C=O) groups excluding carboxylic acids is 2. The van der Waals surface area contributed by atoms with Crippen LogP contribution in [0.4, 0.5) is 0 Å². The minimum atomic E-state index is -0.0586. The summed E-state index contributed by atoms with van der Waals surface area (Å²) in [4.78, 5) is 21.3. The molecule has 23 heavy (non-hydrogen) atoms. The van der Waals surface area contributed by atoms with E-state index < -0.39 is 0 Å². The van der Waals surface area contributed by atoms with Crippen molar-refractivity contribution >= 4 is 88.5 Å². The molecule has 2 aromatic carbocycles. The molecule has 0 aliphatic rings. The van der Waals surface area contributed by atoms with Crippen molar-refractivity contribution in [2.24, 2.45) is 0 Å². The average molecular weight is 588 g/mol. The second-order valence-corrected chi connectivity index (χ2v) is 6.02. The van der Waals surface area contributed by atoms with Crippen LogP contribution >= 0.6 is 23.2 Å². The topological polar surface area (TPSA) is 34.1 Å². The Kier molecular flexibility index (Phi) is 17.7. The molecule has 2 radical (unpaired) electrons. The number of hydrogen-bond donors (Lipinski definition) is 0. The monoisotopic (exact) mass is 590 g/mol. The predicted molar refractivity (Wildman–Crippen MR) is 102 cm³/mol. The zero-order valence-electron chi connectivity index (χ0n) is 10.5. The third kappa shape index (κ3) is 11.4. The molecule has 2 rings (SSSR count). The smallest absolute Gasteiger partial charge is 2.00 e. The Balaban J connectivity index is -0.000000308. The normalized spacial score (nSPS) is 8.09. The van der Waals surface area contributed by atoms with Gasteiger partial charge in [0, 0.05) is 0 Å². The van der Waals surface area contributed by atoms with Crippen molar-refractivity contribution < 1.29 is 9.59 Å². The maximum atomic E-state index is 10.7. The maximum Gasteiger partial charge on any atom is 2.00 e. The van der Waals surface area contributed by atoms with E-state index in [4.69, 9.17) is 23.2 Å². The summed E-state index contributed by atoms with van der Waals surface area (Å²) in [6, 6.07) is 13.5. The molecule has 2 nitrogen and oxygen atoms in total. The van der Waals surface area contributed by atoms with Crippen LogP contribution in [0.1, 0.15) is 35.6 Å². The van der Waals surface area contributed by atoms with Crippen LogP contribution in [-0.2, 0) is 0 Å². The van der Waals surface area contributed by atoms with Crippen molar-refractivity contribution in [2.75, 3.05) is 0 Å². The van der Waals surface area contributed by atoms with Gasteiger partial charge in [-0.3, -0.25) is 0 Å². The van der Waals surface area contributed by atoms with E-state index in [1.165, 1.54) is 0 Å². The number of halogens is 2. The van der Waals surface area contributed by atoms with Gasteiger partial charge in [-0.2, -0.15) is 0 Å². The number of carbonyl (C=O) groups is 2. The first-order chi connectivity index (χ1) is 9.40. The first-order valence-corrected chi connectivity index (χ1v) is 7.81. The van der Waals surface area contributed by atoms with Crippen molar-refractivity contribution in [2.45, 2.75) is 14.9 Å². The van der Waals surface area contributed by atoms with E-state index >= 15 is 0 Å². The molecule has 122 valence electrons. The van der Waals surface area contributed by atoms with E-state index in [0.29, 0.717) is 21.2 Å². The largest absolute Gasteiger partial charge is 2.00 e. The molecule has 0 bridgehead atoms. The molecule has 0 aliphatic heterocycles. The Labute approximate surface area is 181 Å². The molecule has 0 fully saturated rings. The summed E-state index contributed by atoms with van der Waals surface area (Å²) in [6.07, 6.45) is 0. The van der Waals surface area contributed by atoms with Crippen LogP contribution in [0.15, 0.2) is 48.5 Å². The summed E-state index contributed by atoms with van der Waals surface area (Å²) >= 11 is 16.0. The van der Waals surface area contributed by atoms with Crippen LogP contribution in [-0.4, -0.2) is 65.3 Å². The van der Waals surface area contributed by atoms with Crippen LogP contribution < -0.4 is 0 Å². The first kappa shape index (κ1) is 28.0. The summed E-state index contributed by atoms with van der Waals surface area (Å²) in [5, 5.41) is 1.29. The maximum absolute atomic E-state index is 10.7. The Bertz CT molecular complexity index is 547. The molecule has 0 saturated carbocycles. The van der Waals surface area contributed by atoms with Gasteiger partial charge in [0.1, 0.15) is 0 Å². The molecule has 0 heterocycles. The van der Waals surface area contributed by atoms with Crippen LogP contribution in [0.5, 0.6) is 0 Å². The molecule has 0 saturated heterocycles. The summed E-state index contributed by atoms with van der Waals surface area (Å²) in [7, 11) is 0. The standard InChI is InChI=1S/2C7H5ClOSe.2CH4.Sn/c2*8-6-3-1-5(2-4-6)7(9)10;;;/h2*1-4H,(H,9,10);2*1H4;/q;;;;+2/p-2. The number of rotatable bonds is 2. The van der Waals surface area contributed by atoms with Gasteiger partial charge in [-0.15, -0.1) is 0 Å².